The van der Waals surface area contributed by atoms with Gasteiger partial charge in [0.05, 0.1) is 57.3 Å². The van der Waals surface area contributed by atoms with Gasteiger partial charge in [-0.15, -0.1) is 0 Å². The first-order valence-electron chi connectivity index (χ1n) is 22.1. The van der Waals surface area contributed by atoms with E-state index in [0.29, 0.717) is 39.5 Å². The van der Waals surface area contributed by atoms with Crippen molar-refractivity contribution in [3.8, 4) is 80.1 Å². The molecule has 9 aromatic carbocycles. The van der Waals surface area contributed by atoms with Gasteiger partial charge in [0.1, 0.15) is 0 Å². The molecule has 0 unspecified atom stereocenters. The summed E-state index contributed by atoms with van der Waals surface area (Å²) in [6, 6.07) is 82.2. The molecule has 0 saturated carbocycles. The van der Waals surface area contributed by atoms with Crippen LogP contribution in [-0.4, -0.2) is 14.5 Å². The molecular formula is C61H37N7. The van der Waals surface area contributed by atoms with Crippen LogP contribution in [0.2, 0.25) is 0 Å². The molecule has 7 heteroatoms. The summed E-state index contributed by atoms with van der Waals surface area (Å²) in [6.07, 6.45) is 0. The fourth-order valence-electron chi connectivity index (χ4n) is 9.02. The highest BCUT2D eigenvalue weighted by atomic mass is 15.1. The van der Waals surface area contributed by atoms with Gasteiger partial charge in [-0.2, -0.15) is 15.8 Å². The van der Waals surface area contributed by atoms with Gasteiger partial charge >= 0.3 is 0 Å². The van der Waals surface area contributed by atoms with Crippen molar-refractivity contribution in [1.82, 2.24) is 14.5 Å². The predicted octanol–water partition coefficient (Wildman–Crippen LogP) is 15.0. The number of nitrogens with zero attached hydrogens (tertiary/aromatic N) is 7. The Labute approximate surface area is 393 Å². The van der Waals surface area contributed by atoms with Gasteiger partial charge in [-0.1, -0.05) is 127 Å². The van der Waals surface area contributed by atoms with Gasteiger partial charge in [0.2, 0.25) is 0 Å². The quantitative estimate of drug-likeness (QED) is 0.143. The third-order valence-corrected chi connectivity index (χ3v) is 12.3. The zero-order valence-electron chi connectivity index (χ0n) is 36.5. The minimum absolute atomic E-state index is 0.432. The van der Waals surface area contributed by atoms with Gasteiger partial charge in [-0.25, -0.2) is 9.97 Å². The summed E-state index contributed by atoms with van der Waals surface area (Å²) in [5, 5.41) is 32.0. The zero-order valence-corrected chi connectivity index (χ0v) is 36.5. The van der Waals surface area contributed by atoms with Crippen LogP contribution in [0, 0.1) is 34.0 Å². The standard InChI is InChI=1S/C61H37N7/c62-38-41-11-9-13-46(33-41)57-37-58(66-61(65-57)48-14-10-12-42(34-48)39-63)47-27-31-54(49(35-47)40-64)45-23-21-43(22-24-45)44-25-28-52(29-26-44)68-59-20-8-7-19-55(59)56-36-53(30-32-60(56)68)67(50-15-3-1-4-16-50)51-17-5-2-6-18-51/h1-37H. The lowest BCUT2D eigenvalue weighted by Crippen LogP contribution is -2.09. The summed E-state index contributed by atoms with van der Waals surface area (Å²) in [4.78, 5) is 12.1. The second-order valence-corrected chi connectivity index (χ2v) is 16.4. The Morgan fingerprint density at radius 3 is 1.56 bits per heavy atom. The maximum atomic E-state index is 10.5. The highest BCUT2D eigenvalue weighted by Crippen LogP contribution is 2.40. The SMILES string of the molecule is N#Cc1cccc(-c2cc(-c3ccc(-c4ccc(-c5ccc(-n6c7ccccc7c7cc(N(c8ccccc8)c8ccccc8)ccc76)cc5)cc4)c(C#N)c3)nc(-c3cccc(C#N)c3)n2)c1. The second kappa shape index (κ2) is 17.6. The molecule has 2 aromatic heterocycles. The van der Waals surface area contributed by atoms with Gasteiger partial charge in [0.15, 0.2) is 5.82 Å². The van der Waals surface area contributed by atoms with E-state index in [1.165, 1.54) is 10.8 Å². The molecular weight excluding hydrogens is 831 g/mol. The van der Waals surface area contributed by atoms with Crippen molar-refractivity contribution in [1.29, 1.82) is 15.8 Å². The Hall–Kier alpha value is -9.87. The largest absolute Gasteiger partial charge is 0.310 e. The molecule has 68 heavy (non-hydrogen) atoms. The smallest absolute Gasteiger partial charge is 0.160 e. The number of rotatable bonds is 9. The monoisotopic (exact) mass is 867 g/mol. The predicted molar refractivity (Wildman–Crippen MR) is 272 cm³/mol. The normalized spacial score (nSPS) is 10.9. The van der Waals surface area contributed by atoms with E-state index in [4.69, 9.17) is 9.97 Å². The molecule has 2 heterocycles. The molecule has 0 amide bonds. The molecule has 316 valence electrons. The van der Waals surface area contributed by atoms with Gasteiger partial charge in [-0.3, -0.25) is 0 Å². The molecule has 0 aliphatic heterocycles. The fraction of sp³-hybridized carbons (Fsp3) is 0. The number of para-hydroxylation sites is 3. The summed E-state index contributed by atoms with van der Waals surface area (Å²) in [7, 11) is 0. The van der Waals surface area contributed by atoms with Crippen LogP contribution in [0.5, 0.6) is 0 Å². The Bertz CT molecular complexity index is 3700. The third-order valence-electron chi connectivity index (χ3n) is 12.3. The first-order chi connectivity index (χ1) is 33.5. The van der Waals surface area contributed by atoms with E-state index in [0.717, 1.165) is 67.2 Å². The lowest BCUT2D eigenvalue weighted by Gasteiger charge is -2.25. The molecule has 0 aliphatic carbocycles. The molecule has 0 spiro atoms. The van der Waals surface area contributed by atoms with Crippen LogP contribution in [-0.2, 0) is 0 Å². The first kappa shape index (κ1) is 40.9. The average Bonchev–Trinajstić information content (AvgIpc) is 3.75. The van der Waals surface area contributed by atoms with Crippen LogP contribution in [0.4, 0.5) is 17.1 Å². The van der Waals surface area contributed by atoms with Crippen LogP contribution in [0.15, 0.2) is 224 Å². The minimum Gasteiger partial charge on any atom is -0.310 e. The first-order valence-corrected chi connectivity index (χ1v) is 22.1. The number of anilines is 3. The summed E-state index contributed by atoms with van der Waals surface area (Å²) in [5.74, 6) is 0.432. The Kier molecular flexibility index (Phi) is 10.6. The maximum absolute atomic E-state index is 10.5. The van der Waals surface area contributed by atoms with E-state index in [9.17, 15) is 15.8 Å². The maximum Gasteiger partial charge on any atom is 0.160 e. The van der Waals surface area contributed by atoms with E-state index in [1.54, 1.807) is 30.3 Å². The number of aromatic nitrogens is 3. The van der Waals surface area contributed by atoms with Gasteiger partial charge < -0.3 is 9.47 Å². The summed E-state index contributed by atoms with van der Waals surface area (Å²) >= 11 is 0. The van der Waals surface area contributed by atoms with Crippen LogP contribution in [0.1, 0.15) is 16.7 Å². The Morgan fingerprint density at radius 1 is 0.368 bits per heavy atom. The van der Waals surface area contributed by atoms with Crippen molar-refractivity contribution >= 4 is 38.9 Å². The molecule has 0 atom stereocenters. The molecule has 11 aromatic rings. The molecule has 0 aliphatic rings. The van der Waals surface area contributed by atoms with Gasteiger partial charge in [0, 0.05) is 50.2 Å². The third kappa shape index (κ3) is 7.67. The van der Waals surface area contributed by atoms with Crippen molar-refractivity contribution in [2.24, 2.45) is 0 Å². The molecule has 0 N–H and O–H groups in total. The molecule has 7 nitrogen and oxygen atoms in total. The van der Waals surface area contributed by atoms with Crippen molar-refractivity contribution in [3.05, 3.63) is 241 Å². The van der Waals surface area contributed by atoms with Gasteiger partial charge in [-0.05, 0) is 119 Å². The number of hydrogen-bond donors (Lipinski definition) is 0. The van der Waals surface area contributed by atoms with Gasteiger partial charge in [0.25, 0.3) is 0 Å². The summed E-state index contributed by atoms with van der Waals surface area (Å²) in [6.45, 7) is 0. The van der Waals surface area contributed by atoms with Crippen molar-refractivity contribution in [2.75, 3.05) is 4.90 Å². The Balaban J connectivity index is 0.898. The van der Waals surface area contributed by atoms with E-state index in [2.05, 4.69) is 167 Å². The lowest BCUT2D eigenvalue weighted by molar-refractivity contribution is 1.18. The average molecular weight is 868 g/mol. The van der Waals surface area contributed by atoms with E-state index >= 15 is 0 Å². The van der Waals surface area contributed by atoms with Crippen LogP contribution in [0.25, 0.3) is 83.6 Å². The van der Waals surface area contributed by atoms with Crippen LogP contribution < -0.4 is 4.90 Å². The number of fused-ring (bicyclic) bond motifs is 3. The minimum atomic E-state index is 0.432. The molecule has 11 rings (SSSR count). The van der Waals surface area contributed by atoms with Crippen LogP contribution >= 0.6 is 0 Å². The van der Waals surface area contributed by atoms with Crippen molar-refractivity contribution in [2.45, 2.75) is 0 Å². The molecule has 0 saturated heterocycles. The summed E-state index contributed by atoms with van der Waals surface area (Å²) in [5.41, 5.74) is 15.4. The van der Waals surface area contributed by atoms with Crippen molar-refractivity contribution < 1.29 is 0 Å². The van der Waals surface area contributed by atoms with E-state index in [1.807, 2.05) is 54.6 Å². The second-order valence-electron chi connectivity index (χ2n) is 16.4. The summed E-state index contributed by atoms with van der Waals surface area (Å²) < 4.78 is 2.34. The topological polar surface area (TPSA) is 105 Å². The Morgan fingerprint density at radius 2 is 0.912 bits per heavy atom. The van der Waals surface area contributed by atoms with E-state index < -0.39 is 0 Å². The van der Waals surface area contributed by atoms with E-state index in [-0.39, 0.29) is 0 Å². The highest BCUT2D eigenvalue weighted by Gasteiger charge is 2.18. The lowest BCUT2D eigenvalue weighted by atomic mass is 9.95. The van der Waals surface area contributed by atoms with Crippen molar-refractivity contribution in [3.63, 3.8) is 0 Å². The number of hydrogen-bond acceptors (Lipinski definition) is 6. The van der Waals surface area contributed by atoms with Crippen LogP contribution in [0.3, 0.4) is 0 Å². The number of nitriles is 3. The highest BCUT2D eigenvalue weighted by molar-refractivity contribution is 6.10. The molecule has 0 fully saturated rings. The molecule has 0 bridgehead atoms. The molecule has 0 radical (unpaired) electrons. The number of benzene rings is 9. The fourth-order valence-corrected chi connectivity index (χ4v) is 9.02. The zero-order chi connectivity index (χ0) is 46.0.